The van der Waals surface area contributed by atoms with Gasteiger partial charge in [-0.3, -0.25) is 4.79 Å². The highest BCUT2D eigenvalue weighted by atomic mass is 35.5. The lowest BCUT2D eigenvalue weighted by atomic mass is 9.84. The zero-order valence-corrected chi connectivity index (χ0v) is 23.6. The minimum Gasteiger partial charge on any atom is -0.497 e. The number of nitrogens with zero attached hydrogens (tertiary/aromatic N) is 1. The lowest BCUT2D eigenvalue weighted by Crippen LogP contribution is -2.27. The van der Waals surface area contributed by atoms with Crippen molar-refractivity contribution in [3.63, 3.8) is 0 Å². The van der Waals surface area contributed by atoms with Crippen molar-refractivity contribution in [2.45, 2.75) is 12.5 Å². The maximum absolute atomic E-state index is 14.6. The molecule has 0 unspecified atom stereocenters. The molecule has 0 radical (unpaired) electrons. The van der Waals surface area contributed by atoms with Gasteiger partial charge in [0.05, 0.1) is 19.2 Å². The highest BCUT2D eigenvalue weighted by molar-refractivity contribution is 6.31. The Bertz CT molecular complexity index is 2040. The van der Waals surface area contributed by atoms with Crippen LogP contribution in [0.2, 0.25) is 10.0 Å². The van der Waals surface area contributed by atoms with Gasteiger partial charge in [0.2, 0.25) is 0 Å². The van der Waals surface area contributed by atoms with Gasteiger partial charge in [-0.15, -0.1) is 0 Å². The highest BCUT2D eigenvalue weighted by Crippen LogP contribution is 2.40. The number of ether oxygens (including phenoxy) is 1. The van der Waals surface area contributed by atoms with Gasteiger partial charge in [-0.2, -0.15) is 0 Å². The smallest absolute Gasteiger partial charge is 0.255 e. The molecule has 0 aliphatic carbocycles. The van der Waals surface area contributed by atoms with Crippen molar-refractivity contribution >= 4 is 55.9 Å². The molecule has 0 fully saturated rings. The number of para-hydroxylation sites is 1. The first-order valence-electron chi connectivity index (χ1n) is 13.3. The number of aromatic nitrogens is 3. The van der Waals surface area contributed by atoms with E-state index in [1.165, 1.54) is 0 Å². The fourth-order valence-electron chi connectivity index (χ4n) is 5.84. The third-order valence-electron chi connectivity index (χ3n) is 7.81. The van der Waals surface area contributed by atoms with Crippen LogP contribution in [0.5, 0.6) is 5.75 Å². The number of hydrogen-bond donors (Lipinski definition) is 2. The molecule has 0 aliphatic rings. The van der Waals surface area contributed by atoms with Crippen molar-refractivity contribution < 1.29 is 4.74 Å². The predicted octanol–water partition coefficient (Wildman–Crippen LogP) is 8.51. The molecule has 5 nitrogen and oxygen atoms in total. The summed E-state index contributed by atoms with van der Waals surface area (Å²) in [6.45, 7) is 0.420. The summed E-state index contributed by atoms with van der Waals surface area (Å²) in [6.07, 6.45) is 3.97. The molecule has 7 heteroatoms. The number of fused-ring (bicyclic) bond motifs is 3. The molecular weight excluding hydrogens is 553 g/mol. The largest absolute Gasteiger partial charge is 0.497 e. The number of aromatic amines is 2. The van der Waals surface area contributed by atoms with Gasteiger partial charge in [-0.05, 0) is 82.7 Å². The maximum atomic E-state index is 14.6. The van der Waals surface area contributed by atoms with Crippen LogP contribution in [0, 0.1) is 0 Å². The van der Waals surface area contributed by atoms with Crippen LogP contribution in [-0.2, 0) is 6.54 Å². The monoisotopic (exact) mass is 577 g/mol. The standard InChI is InChI=1S/C34H25Cl2N3O2/c1-41-24-10-6-20(7-11-24)19-39-32-5-3-2-4-21(32)14-27(34(39)40)33(28-17-37-30-12-8-22(35)15-25(28)30)29-18-38-31-13-9-23(36)16-26(29)31/h2-18,33,37-38H,19H2,1H3. The minimum atomic E-state index is -0.395. The maximum Gasteiger partial charge on any atom is 0.255 e. The lowest BCUT2D eigenvalue weighted by molar-refractivity contribution is 0.414. The van der Waals surface area contributed by atoms with E-state index in [0.717, 1.165) is 55.1 Å². The van der Waals surface area contributed by atoms with Gasteiger partial charge in [0.15, 0.2) is 0 Å². The van der Waals surface area contributed by atoms with E-state index in [4.69, 9.17) is 27.9 Å². The summed E-state index contributed by atoms with van der Waals surface area (Å²) in [5.41, 5.74) is 6.32. The number of nitrogens with one attached hydrogen (secondary N) is 2. The molecule has 4 aromatic carbocycles. The van der Waals surface area contributed by atoms with Gasteiger partial charge in [0.1, 0.15) is 5.75 Å². The van der Waals surface area contributed by atoms with Gasteiger partial charge in [0, 0.05) is 55.7 Å². The van der Waals surface area contributed by atoms with E-state index < -0.39 is 5.92 Å². The summed E-state index contributed by atoms with van der Waals surface area (Å²) in [5, 5.41) is 4.18. The number of methoxy groups -OCH3 is 1. The average Bonchev–Trinajstić information content (AvgIpc) is 3.59. The fraction of sp³-hybridized carbons (Fsp3) is 0.0882. The second-order valence-corrected chi connectivity index (χ2v) is 11.1. The molecular formula is C34H25Cl2N3O2. The Hall–Kier alpha value is -4.45. The Morgan fingerprint density at radius 3 is 1.98 bits per heavy atom. The second kappa shape index (κ2) is 10.2. The molecule has 3 aromatic heterocycles. The van der Waals surface area contributed by atoms with Crippen LogP contribution in [0.1, 0.15) is 28.2 Å². The first kappa shape index (κ1) is 25.5. The van der Waals surface area contributed by atoms with E-state index in [1.54, 1.807) is 7.11 Å². The molecule has 202 valence electrons. The van der Waals surface area contributed by atoms with Crippen LogP contribution < -0.4 is 10.3 Å². The Balaban J connectivity index is 1.52. The molecule has 0 spiro atoms. The van der Waals surface area contributed by atoms with E-state index in [2.05, 4.69) is 16.0 Å². The number of pyridine rings is 1. The van der Waals surface area contributed by atoms with Gasteiger partial charge in [0.25, 0.3) is 5.56 Å². The number of H-pyrrole nitrogens is 2. The van der Waals surface area contributed by atoms with Crippen LogP contribution >= 0.6 is 23.2 Å². The normalized spacial score (nSPS) is 11.7. The summed E-state index contributed by atoms with van der Waals surface area (Å²) in [5.74, 6) is 0.379. The molecule has 2 N–H and O–H groups in total. The molecule has 0 aliphatic heterocycles. The van der Waals surface area contributed by atoms with Crippen molar-refractivity contribution in [3.8, 4) is 5.75 Å². The Kier molecular flexibility index (Phi) is 6.34. The van der Waals surface area contributed by atoms with Gasteiger partial charge in [-0.25, -0.2) is 0 Å². The van der Waals surface area contributed by atoms with Crippen molar-refractivity contribution in [2.24, 2.45) is 0 Å². The number of benzene rings is 4. The van der Waals surface area contributed by atoms with Crippen molar-refractivity contribution in [1.29, 1.82) is 0 Å². The molecule has 0 atom stereocenters. The van der Waals surface area contributed by atoms with Crippen molar-refractivity contribution in [3.05, 3.63) is 146 Å². The SMILES string of the molecule is COc1ccc(Cn2c(=O)c(C(c3c[nH]c4ccc(Cl)cc34)c3c[nH]c4ccc(Cl)cc34)cc3ccccc32)cc1. The van der Waals surface area contributed by atoms with E-state index in [1.807, 2.05) is 102 Å². The third kappa shape index (κ3) is 4.48. The number of hydrogen-bond acceptors (Lipinski definition) is 2. The molecule has 7 rings (SSSR count). The van der Waals surface area contributed by atoms with Crippen molar-refractivity contribution in [2.75, 3.05) is 7.11 Å². The van der Waals surface area contributed by atoms with E-state index in [-0.39, 0.29) is 5.56 Å². The number of rotatable bonds is 6. The van der Waals surface area contributed by atoms with Gasteiger partial charge < -0.3 is 19.3 Å². The molecule has 41 heavy (non-hydrogen) atoms. The summed E-state index contributed by atoms with van der Waals surface area (Å²) in [7, 11) is 1.65. The fourth-order valence-corrected chi connectivity index (χ4v) is 6.18. The Morgan fingerprint density at radius 1 is 0.756 bits per heavy atom. The summed E-state index contributed by atoms with van der Waals surface area (Å²) < 4.78 is 7.20. The molecule has 0 amide bonds. The zero-order chi connectivity index (χ0) is 28.1. The third-order valence-corrected chi connectivity index (χ3v) is 8.29. The molecule has 3 heterocycles. The van der Waals surface area contributed by atoms with E-state index >= 15 is 0 Å². The zero-order valence-electron chi connectivity index (χ0n) is 22.1. The Morgan fingerprint density at radius 2 is 1.37 bits per heavy atom. The first-order valence-corrected chi connectivity index (χ1v) is 14.0. The van der Waals surface area contributed by atoms with Crippen LogP contribution in [0.4, 0.5) is 0 Å². The minimum absolute atomic E-state index is 0.0581. The average molecular weight is 578 g/mol. The lowest BCUT2D eigenvalue weighted by Gasteiger charge is -2.20. The summed E-state index contributed by atoms with van der Waals surface area (Å²) in [6, 6.07) is 29.4. The van der Waals surface area contributed by atoms with Crippen LogP contribution in [-0.4, -0.2) is 21.6 Å². The second-order valence-electron chi connectivity index (χ2n) is 10.2. The molecule has 7 aromatic rings. The summed E-state index contributed by atoms with van der Waals surface area (Å²) in [4.78, 5) is 21.4. The van der Waals surface area contributed by atoms with Gasteiger partial charge in [-0.1, -0.05) is 53.5 Å². The molecule has 0 bridgehead atoms. The van der Waals surface area contributed by atoms with Crippen molar-refractivity contribution in [1.82, 2.24) is 14.5 Å². The quantitative estimate of drug-likeness (QED) is 0.208. The Labute approximate surface area is 245 Å². The van der Waals surface area contributed by atoms with Crippen LogP contribution in [0.15, 0.2) is 108 Å². The molecule has 0 saturated heterocycles. The number of halogens is 2. The summed E-state index contributed by atoms with van der Waals surface area (Å²) >= 11 is 12.9. The van der Waals surface area contributed by atoms with Gasteiger partial charge >= 0.3 is 0 Å². The highest BCUT2D eigenvalue weighted by Gasteiger charge is 2.27. The van der Waals surface area contributed by atoms with E-state index in [0.29, 0.717) is 22.2 Å². The topological polar surface area (TPSA) is 62.8 Å². The van der Waals surface area contributed by atoms with E-state index in [9.17, 15) is 4.79 Å². The first-order chi connectivity index (χ1) is 20.0. The van der Waals surface area contributed by atoms with Crippen LogP contribution in [0.3, 0.4) is 0 Å². The van der Waals surface area contributed by atoms with Crippen LogP contribution in [0.25, 0.3) is 32.7 Å². The predicted molar refractivity (Wildman–Crippen MR) is 168 cm³/mol. The molecule has 0 saturated carbocycles.